The summed E-state index contributed by atoms with van der Waals surface area (Å²) in [6, 6.07) is 7.67. The van der Waals surface area contributed by atoms with Crippen molar-refractivity contribution in [3.8, 4) is 0 Å². The summed E-state index contributed by atoms with van der Waals surface area (Å²) in [5, 5.41) is 0.687. The molecule has 1 aromatic carbocycles. The Morgan fingerprint density at radius 2 is 1.69 bits per heavy atom. The summed E-state index contributed by atoms with van der Waals surface area (Å²) < 4.78 is 5.84. The highest BCUT2D eigenvalue weighted by atomic mass is 35.5. The molecule has 1 N–H and O–H groups in total. The van der Waals surface area contributed by atoms with Crippen molar-refractivity contribution in [1.29, 1.82) is 0 Å². The summed E-state index contributed by atoms with van der Waals surface area (Å²) in [4.78, 5) is 29.0. The Bertz CT molecular complexity index is 892. The van der Waals surface area contributed by atoms with E-state index in [1.807, 2.05) is 31.2 Å². The number of carbonyl (C=O) groups excluding carboxylic acids is 2. The molecule has 0 unspecified atom stereocenters. The number of benzene rings is 1. The molecule has 1 atom stereocenters. The van der Waals surface area contributed by atoms with Crippen molar-refractivity contribution in [2.24, 2.45) is 0 Å². The van der Waals surface area contributed by atoms with Crippen LogP contribution in [-0.4, -0.2) is 22.8 Å². The molecule has 2 aromatic rings. The topological polar surface area (TPSA) is 59.2 Å². The lowest BCUT2D eigenvalue weighted by Gasteiger charge is -2.22. The highest BCUT2D eigenvalue weighted by Crippen LogP contribution is 2.35. The number of hydrogen-bond donors (Lipinski definition) is 1. The first-order valence-electron chi connectivity index (χ1n) is 10.7. The minimum Gasteiger partial charge on any atom is -0.458 e. The summed E-state index contributed by atoms with van der Waals surface area (Å²) >= 11 is 5.99. The number of halogens is 1. The van der Waals surface area contributed by atoms with Crippen LogP contribution in [0.15, 0.2) is 24.3 Å². The van der Waals surface area contributed by atoms with Crippen molar-refractivity contribution in [2.75, 3.05) is 0 Å². The molecule has 29 heavy (non-hydrogen) atoms. The molecule has 4 nitrogen and oxygen atoms in total. The molecule has 1 fully saturated rings. The maximum atomic E-state index is 12.9. The van der Waals surface area contributed by atoms with Crippen molar-refractivity contribution in [2.45, 2.75) is 76.7 Å². The van der Waals surface area contributed by atoms with E-state index < -0.39 is 0 Å². The highest BCUT2D eigenvalue weighted by molar-refractivity contribution is 6.30. The molecule has 0 radical (unpaired) electrons. The van der Waals surface area contributed by atoms with Gasteiger partial charge in [-0.05, 0) is 68.2 Å². The number of aromatic amines is 1. The fourth-order valence-corrected chi connectivity index (χ4v) is 4.88. The number of esters is 1. The highest BCUT2D eigenvalue weighted by Gasteiger charge is 2.32. The first-order chi connectivity index (χ1) is 14.0. The van der Waals surface area contributed by atoms with Gasteiger partial charge >= 0.3 is 5.97 Å². The van der Waals surface area contributed by atoms with Crippen LogP contribution in [0.4, 0.5) is 0 Å². The molecule has 1 aromatic heterocycles. The molecule has 0 bridgehead atoms. The number of ether oxygens (including phenoxy) is 1. The number of ketones is 1. The predicted molar refractivity (Wildman–Crippen MR) is 114 cm³/mol. The third kappa shape index (κ3) is 4.42. The Kier molecular flexibility index (Phi) is 6.09. The zero-order valence-electron chi connectivity index (χ0n) is 16.9. The normalized spacial score (nSPS) is 20.6. The number of carbonyl (C=O) groups is 2. The van der Waals surface area contributed by atoms with Crippen molar-refractivity contribution < 1.29 is 14.3 Å². The van der Waals surface area contributed by atoms with Crippen LogP contribution in [0.5, 0.6) is 0 Å². The van der Waals surface area contributed by atoms with Gasteiger partial charge in [0.25, 0.3) is 0 Å². The Hall–Kier alpha value is -2.07. The van der Waals surface area contributed by atoms with Gasteiger partial charge in [-0.1, -0.05) is 43.0 Å². The molecule has 0 aliphatic heterocycles. The van der Waals surface area contributed by atoms with Gasteiger partial charge in [0, 0.05) is 22.7 Å². The molecule has 0 amide bonds. The number of Topliss-reactive ketones (excluding diaryl/α,β-unsaturated/α-hetero) is 1. The van der Waals surface area contributed by atoms with Gasteiger partial charge in [0.15, 0.2) is 5.78 Å². The lowest BCUT2D eigenvalue weighted by atomic mass is 9.81. The van der Waals surface area contributed by atoms with Crippen LogP contribution in [0.2, 0.25) is 5.02 Å². The van der Waals surface area contributed by atoms with Gasteiger partial charge in [0.05, 0.1) is 0 Å². The molecular weight excluding hydrogens is 386 g/mol. The number of H-pyrrole nitrogens is 1. The second-order valence-corrected chi connectivity index (χ2v) is 8.87. The van der Waals surface area contributed by atoms with E-state index in [2.05, 4.69) is 4.98 Å². The Balaban J connectivity index is 1.52. The third-order valence-corrected chi connectivity index (χ3v) is 6.61. The van der Waals surface area contributed by atoms with Crippen LogP contribution in [0.1, 0.15) is 95.0 Å². The van der Waals surface area contributed by atoms with Gasteiger partial charge in [0.2, 0.25) is 0 Å². The largest absolute Gasteiger partial charge is 0.458 e. The molecule has 1 heterocycles. The van der Waals surface area contributed by atoms with Gasteiger partial charge < -0.3 is 9.72 Å². The maximum Gasteiger partial charge on any atom is 0.355 e. The smallest absolute Gasteiger partial charge is 0.355 e. The molecule has 0 saturated heterocycles. The summed E-state index contributed by atoms with van der Waals surface area (Å²) in [7, 11) is 0. The quantitative estimate of drug-likeness (QED) is 0.613. The van der Waals surface area contributed by atoms with Gasteiger partial charge in [-0.3, -0.25) is 4.79 Å². The zero-order valence-corrected chi connectivity index (χ0v) is 17.7. The van der Waals surface area contributed by atoms with Gasteiger partial charge in [-0.15, -0.1) is 0 Å². The molecule has 4 rings (SSSR count). The Morgan fingerprint density at radius 1 is 1.03 bits per heavy atom. The summed E-state index contributed by atoms with van der Waals surface area (Å²) in [6.45, 7) is 1.85. The molecule has 0 spiro atoms. The van der Waals surface area contributed by atoms with Crippen molar-refractivity contribution in [3.05, 3.63) is 57.4 Å². The van der Waals surface area contributed by atoms with E-state index in [0.717, 1.165) is 42.5 Å². The first-order valence-corrected chi connectivity index (χ1v) is 11.1. The zero-order chi connectivity index (χ0) is 20.4. The second kappa shape index (κ2) is 8.74. The van der Waals surface area contributed by atoms with E-state index in [4.69, 9.17) is 16.3 Å². The van der Waals surface area contributed by atoms with E-state index in [1.54, 1.807) is 0 Å². The van der Waals surface area contributed by atoms with E-state index in [-0.39, 0.29) is 23.8 Å². The standard InChI is InChI=1S/C24H28ClNO3/c1-15-22-20(13-17(14-21(22)27)16-9-11-18(25)12-10-16)26-23(15)24(28)29-19-7-5-3-2-4-6-8-19/h9-12,17,19,26H,2-8,13-14H2,1H3/t17-/m1/s1. The van der Waals surface area contributed by atoms with Crippen LogP contribution in [0.25, 0.3) is 0 Å². The summed E-state index contributed by atoms with van der Waals surface area (Å²) in [5.74, 6) is -0.136. The number of fused-ring (bicyclic) bond motifs is 1. The van der Waals surface area contributed by atoms with E-state index in [0.29, 0.717) is 29.1 Å². The van der Waals surface area contributed by atoms with E-state index >= 15 is 0 Å². The van der Waals surface area contributed by atoms with Crippen LogP contribution in [-0.2, 0) is 11.2 Å². The van der Waals surface area contributed by atoms with E-state index in [9.17, 15) is 9.59 Å². The van der Waals surface area contributed by atoms with Crippen molar-refractivity contribution in [3.63, 3.8) is 0 Å². The monoisotopic (exact) mass is 413 g/mol. The number of aromatic nitrogens is 1. The second-order valence-electron chi connectivity index (χ2n) is 8.43. The van der Waals surface area contributed by atoms with Crippen molar-refractivity contribution >= 4 is 23.4 Å². The van der Waals surface area contributed by atoms with Gasteiger partial charge in [-0.25, -0.2) is 4.79 Å². The molecule has 2 aliphatic rings. The number of nitrogens with one attached hydrogen (secondary N) is 1. The lowest BCUT2D eigenvalue weighted by Crippen LogP contribution is -2.20. The fourth-order valence-electron chi connectivity index (χ4n) is 4.76. The average molecular weight is 414 g/mol. The number of hydrogen-bond acceptors (Lipinski definition) is 3. The van der Waals surface area contributed by atoms with E-state index in [1.165, 1.54) is 19.3 Å². The SMILES string of the molecule is Cc1c(C(=O)OC2CCCCCCC2)[nH]c2c1C(=O)C[C@H](c1ccc(Cl)cc1)C2. The van der Waals surface area contributed by atoms with Crippen molar-refractivity contribution in [1.82, 2.24) is 4.98 Å². The minimum absolute atomic E-state index is 0.0138. The average Bonchev–Trinajstić information content (AvgIpc) is 3.01. The Labute approximate surface area is 177 Å². The third-order valence-electron chi connectivity index (χ3n) is 6.36. The van der Waals surface area contributed by atoms with Crippen LogP contribution >= 0.6 is 11.6 Å². The van der Waals surface area contributed by atoms with Crippen LogP contribution < -0.4 is 0 Å². The minimum atomic E-state index is -0.321. The predicted octanol–water partition coefficient (Wildman–Crippen LogP) is 6.16. The van der Waals surface area contributed by atoms with Crippen LogP contribution in [0, 0.1) is 6.92 Å². The summed E-state index contributed by atoms with van der Waals surface area (Å²) in [6.07, 6.45) is 8.93. The molecule has 5 heteroatoms. The van der Waals surface area contributed by atoms with Gasteiger partial charge in [0.1, 0.15) is 11.8 Å². The summed E-state index contributed by atoms with van der Waals surface area (Å²) in [5.41, 5.74) is 3.81. The molecule has 1 saturated carbocycles. The molecular formula is C24H28ClNO3. The molecule has 154 valence electrons. The fraction of sp³-hybridized carbons (Fsp3) is 0.500. The maximum absolute atomic E-state index is 12.9. The molecule has 2 aliphatic carbocycles. The lowest BCUT2D eigenvalue weighted by molar-refractivity contribution is 0.0232. The Morgan fingerprint density at radius 3 is 2.38 bits per heavy atom. The van der Waals surface area contributed by atoms with Gasteiger partial charge in [-0.2, -0.15) is 0 Å². The number of rotatable bonds is 3. The first kappa shape index (κ1) is 20.2. The van der Waals surface area contributed by atoms with Crippen LogP contribution in [0.3, 0.4) is 0 Å².